The molecule has 218 valence electrons. The number of carbonyl (C=O) groups excluding carboxylic acids is 2. The summed E-state index contributed by atoms with van der Waals surface area (Å²) in [5, 5.41) is 15.1. The summed E-state index contributed by atoms with van der Waals surface area (Å²) in [6.45, 7) is 5.82. The molecule has 6 nitrogen and oxygen atoms in total. The molecule has 0 bridgehead atoms. The maximum absolute atomic E-state index is 11.9. The number of amides is 2. The first-order chi connectivity index (χ1) is 18.5. The molecule has 0 aromatic heterocycles. The summed E-state index contributed by atoms with van der Waals surface area (Å²) >= 11 is 1.86. The van der Waals surface area contributed by atoms with Crippen molar-refractivity contribution in [2.75, 3.05) is 25.4 Å². The third-order valence-corrected chi connectivity index (χ3v) is 7.92. The van der Waals surface area contributed by atoms with Crippen molar-refractivity contribution >= 4 is 23.6 Å². The van der Waals surface area contributed by atoms with E-state index in [0.29, 0.717) is 37.1 Å². The van der Waals surface area contributed by atoms with E-state index in [9.17, 15) is 14.7 Å². The molecule has 0 aliphatic rings. The first-order valence-electron chi connectivity index (χ1n) is 15.1. The Morgan fingerprint density at radius 3 is 1.82 bits per heavy atom. The third-order valence-electron chi connectivity index (χ3n) is 6.67. The minimum atomic E-state index is -0.602. The Morgan fingerprint density at radius 2 is 1.26 bits per heavy atom. The van der Waals surface area contributed by atoms with Crippen LogP contribution >= 0.6 is 11.8 Å². The summed E-state index contributed by atoms with van der Waals surface area (Å²) in [5.74, 6) is 0.482. The van der Waals surface area contributed by atoms with E-state index in [1.54, 1.807) is 24.3 Å². The van der Waals surface area contributed by atoms with Crippen LogP contribution in [0.4, 0.5) is 0 Å². The van der Waals surface area contributed by atoms with E-state index >= 15 is 0 Å². The SMILES string of the molecule is CCCCCCCCCCCCCCCCC(C)SCCNC(=O)C(=O)NCCCOc1ccc(O)cc1. The van der Waals surface area contributed by atoms with Crippen molar-refractivity contribution in [3.63, 3.8) is 0 Å². The van der Waals surface area contributed by atoms with Crippen molar-refractivity contribution in [2.45, 2.75) is 122 Å². The lowest BCUT2D eigenvalue weighted by molar-refractivity contribution is -0.139. The lowest BCUT2D eigenvalue weighted by atomic mass is 10.0. The summed E-state index contributed by atoms with van der Waals surface area (Å²) in [4.78, 5) is 23.8. The number of benzene rings is 1. The predicted octanol–water partition coefficient (Wildman–Crippen LogP) is 7.39. The fourth-order valence-corrected chi connectivity index (χ4v) is 5.26. The van der Waals surface area contributed by atoms with Gasteiger partial charge in [-0.2, -0.15) is 11.8 Å². The highest BCUT2D eigenvalue weighted by Gasteiger charge is 2.12. The Kier molecular flexibility index (Phi) is 21.7. The van der Waals surface area contributed by atoms with E-state index in [1.165, 1.54) is 96.3 Å². The van der Waals surface area contributed by atoms with Gasteiger partial charge in [0.15, 0.2) is 0 Å². The molecule has 0 aliphatic heterocycles. The van der Waals surface area contributed by atoms with Gasteiger partial charge in [-0.3, -0.25) is 9.59 Å². The van der Waals surface area contributed by atoms with E-state index in [1.807, 2.05) is 11.8 Å². The first-order valence-corrected chi connectivity index (χ1v) is 16.2. The van der Waals surface area contributed by atoms with Gasteiger partial charge in [-0.05, 0) is 37.1 Å². The number of phenols is 1. The molecule has 1 aromatic carbocycles. The molecule has 38 heavy (non-hydrogen) atoms. The Balaban J connectivity index is 1.86. The Labute approximate surface area is 236 Å². The molecule has 0 aliphatic carbocycles. The summed E-state index contributed by atoms with van der Waals surface area (Å²) in [6, 6.07) is 6.47. The van der Waals surface area contributed by atoms with Crippen LogP contribution in [0.15, 0.2) is 24.3 Å². The number of nitrogens with one attached hydrogen (secondary N) is 2. The van der Waals surface area contributed by atoms with Crippen LogP contribution in [0.2, 0.25) is 0 Å². The maximum atomic E-state index is 11.9. The molecule has 0 saturated heterocycles. The topological polar surface area (TPSA) is 87.7 Å². The molecule has 0 spiro atoms. The van der Waals surface area contributed by atoms with Crippen LogP contribution in [0.5, 0.6) is 11.5 Å². The van der Waals surface area contributed by atoms with Gasteiger partial charge in [0.1, 0.15) is 11.5 Å². The number of carbonyl (C=O) groups is 2. The van der Waals surface area contributed by atoms with Gasteiger partial charge < -0.3 is 20.5 Å². The van der Waals surface area contributed by atoms with Gasteiger partial charge in [0, 0.05) is 24.1 Å². The van der Waals surface area contributed by atoms with Gasteiger partial charge in [0.2, 0.25) is 0 Å². The molecule has 0 saturated carbocycles. The van der Waals surface area contributed by atoms with Crippen molar-refractivity contribution in [1.29, 1.82) is 0 Å². The zero-order valence-electron chi connectivity index (χ0n) is 24.1. The Hall–Kier alpha value is -1.89. The van der Waals surface area contributed by atoms with Gasteiger partial charge in [-0.1, -0.05) is 104 Å². The number of rotatable bonds is 24. The van der Waals surface area contributed by atoms with Crippen molar-refractivity contribution in [3.8, 4) is 11.5 Å². The molecule has 3 N–H and O–H groups in total. The largest absolute Gasteiger partial charge is 0.508 e. The lowest BCUT2D eigenvalue weighted by Crippen LogP contribution is -2.41. The van der Waals surface area contributed by atoms with Crippen LogP contribution in [0.25, 0.3) is 0 Å². The number of hydrogen-bond donors (Lipinski definition) is 3. The minimum absolute atomic E-state index is 0.188. The van der Waals surface area contributed by atoms with Crippen molar-refractivity contribution in [3.05, 3.63) is 24.3 Å². The highest BCUT2D eigenvalue weighted by atomic mass is 32.2. The minimum Gasteiger partial charge on any atom is -0.508 e. The molecule has 1 aromatic rings. The average Bonchev–Trinajstić information content (AvgIpc) is 2.91. The summed E-state index contributed by atoms with van der Waals surface area (Å²) in [6.07, 6.45) is 21.2. The number of unbranched alkanes of at least 4 members (excludes halogenated alkanes) is 13. The molecule has 2 amide bonds. The van der Waals surface area contributed by atoms with Crippen LogP contribution in [-0.4, -0.2) is 47.6 Å². The third kappa shape index (κ3) is 20.1. The molecule has 0 radical (unpaired) electrons. The zero-order chi connectivity index (χ0) is 27.7. The molecule has 7 heteroatoms. The average molecular weight is 551 g/mol. The molecule has 1 unspecified atom stereocenters. The summed E-state index contributed by atoms with van der Waals surface area (Å²) < 4.78 is 5.52. The van der Waals surface area contributed by atoms with Gasteiger partial charge in [-0.25, -0.2) is 0 Å². The highest BCUT2D eigenvalue weighted by Crippen LogP contribution is 2.18. The van der Waals surface area contributed by atoms with Gasteiger partial charge in [-0.15, -0.1) is 0 Å². The molecule has 1 atom stereocenters. The highest BCUT2D eigenvalue weighted by molar-refractivity contribution is 7.99. The van der Waals surface area contributed by atoms with Crippen LogP contribution in [0, 0.1) is 0 Å². The maximum Gasteiger partial charge on any atom is 0.309 e. The monoisotopic (exact) mass is 550 g/mol. The molecular formula is C31H54N2O4S. The van der Waals surface area contributed by atoms with Gasteiger partial charge >= 0.3 is 11.8 Å². The molecule has 1 rings (SSSR count). The van der Waals surface area contributed by atoms with Crippen molar-refractivity contribution in [1.82, 2.24) is 10.6 Å². The molecular weight excluding hydrogens is 496 g/mol. The lowest BCUT2D eigenvalue weighted by Gasteiger charge is -2.12. The normalized spacial score (nSPS) is 11.7. The first kappa shape index (κ1) is 34.1. The smallest absolute Gasteiger partial charge is 0.309 e. The Morgan fingerprint density at radius 1 is 0.763 bits per heavy atom. The van der Waals surface area contributed by atoms with Gasteiger partial charge in [0.25, 0.3) is 0 Å². The van der Waals surface area contributed by atoms with E-state index in [0.717, 1.165) is 5.75 Å². The van der Waals surface area contributed by atoms with Crippen LogP contribution in [-0.2, 0) is 9.59 Å². The number of ether oxygens (including phenoxy) is 1. The predicted molar refractivity (Wildman–Crippen MR) is 161 cm³/mol. The van der Waals surface area contributed by atoms with E-state index < -0.39 is 11.8 Å². The molecule has 0 fully saturated rings. The second kappa shape index (κ2) is 24.2. The number of aromatic hydroxyl groups is 1. The summed E-state index contributed by atoms with van der Waals surface area (Å²) in [5.41, 5.74) is 0. The standard InChI is InChI=1S/C31H54N2O4S/c1-3-4-5-6-7-8-9-10-11-12-13-14-15-16-18-27(2)38-26-24-33-31(36)30(35)32-23-17-25-37-29-21-19-28(34)20-22-29/h19-22,27,34H,3-18,23-26H2,1-2H3,(H,32,35)(H,33,36). The van der Waals surface area contributed by atoms with Crippen LogP contribution < -0.4 is 15.4 Å². The second-order valence-corrected chi connectivity index (χ2v) is 11.8. The number of phenolic OH excluding ortho intramolecular Hbond substituents is 1. The van der Waals surface area contributed by atoms with Crippen molar-refractivity contribution < 1.29 is 19.4 Å². The summed E-state index contributed by atoms with van der Waals surface area (Å²) in [7, 11) is 0. The fourth-order valence-electron chi connectivity index (χ4n) is 4.30. The zero-order valence-corrected chi connectivity index (χ0v) is 24.9. The number of thioether (sulfide) groups is 1. The Bertz CT molecular complexity index is 714. The van der Waals surface area contributed by atoms with Crippen LogP contribution in [0.3, 0.4) is 0 Å². The van der Waals surface area contributed by atoms with Crippen molar-refractivity contribution in [2.24, 2.45) is 0 Å². The fraction of sp³-hybridized carbons (Fsp3) is 0.742. The van der Waals surface area contributed by atoms with Gasteiger partial charge in [0.05, 0.1) is 6.61 Å². The van der Waals surface area contributed by atoms with Crippen LogP contribution in [0.1, 0.15) is 117 Å². The van der Waals surface area contributed by atoms with E-state index in [4.69, 9.17) is 4.74 Å². The number of hydrogen-bond acceptors (Lipinski definition) is 5. The second-order valence-electron chi connectivity index (χ2n) is 10.3. The van der Waals surface area contributed by atoms with E-state index in [2.05, 4.69) is 24.5 Å². The quantitative estimate of drug-likeness (QED) is 0.0923. The molecule has 0 heterocycles. The van der Waals surface area contributed by atoms with E-state index in [-0.39, 0.29) is 5.75 Å².